The molecule has 1 aromatic carbocycles. The Balaban J connectivity index is 2.49. The van der Waals surface area contributed by atoms with E-state index in [1.165, 1.54) is 0 Å². The summed E-state index contributed by atoms with van der Waals surface area (Å²) in [6.45, 7) is 0.744. The molecule has 1 aromatic rings. The number of hydrogen-bond acceptors (Lipinski definition) is 3. The van der Waals surface area contributed by atoms with Gasteiger partial charge in [-0.05, 0) is 6.07 Å². The predicted octanol–water partition coefficient (Wildman–Crippen LogP) is 1.26. The molecule has 2 rings (SSSR count). The molecule has 1 aliphatic rings. The van der Waals surface area contributed by atoms with Crippen molar-refractivity contribution in [3.63, 3.8) is 0 Å². The minimum atomic E-state index is 0.186. The topological polar surface area (TPSA) is 38.7 Å². The van der Waals surface area contributed by atoms with Crippen LogP contribution in [-0.4, -0.2) is 11.9 Å². The van der Waals surface area contributed by atoms with E-state index in [9.17, 15) is 5.11 Å². The molecule has 1 N–H and O–H groups in total. The van der Waals surface area contributed by atoms with E-state index in [2.05, 4.69) is 0 Å². The van der Waals surface area contributed by atoms with Crippen molar-refractivity contribution in [3.05, 3.63) is 23.8 Å². The maximum atomic E-state index is 9.28. The van der Waals surface area contributed by atoms with E-state index in [1.54, 1.807) is 12.1 Å². The Morgan fingerprint density at radius 2 is 2.27 bits per heavy atom. The first kappa shape index (κ1) is 6.49. The third-order valence-corrected chi connectivity index (χ3v) is 1.62. The minimum Gasteiger partial charge on any atom is -0.504 e. The van der Waals surface area contributed by atoms with Gasteiger partial charge in [-0.1, -0.05) is 12.1 Å². The highest BCUT2D eigenvalue weighted by atomic mass is 16.7. The van der Waals surface area contributed by atoms with Gasteiger partial charge in [0.2, 0.25) is 0 Å². The van der Waals surface area contributed by atoms with Crippen molar-refractivity contribution in [3.8, 4) is 11.5 Å². The standard InChI is InChI=1S/C8H8O3/c9-7-3-1-2-6-4-10-5-11-8(6)7/h1-3,9H,4-5H2. The Morgan fingerprint density at radius 3 is 3.09 bits per heavy atom. The highest BCUT2D eigenvalue weighted by Gasteiger charge is 2.12. The minimum absolute atomic E-state index is 0.186. The summed E-state index contributed by atoms with van der Waals surface area (Å²) in [4.78, 5) is 0. The van der Waals surface area contributed by atoms with Crippen LogP contribution in [0.4, 0.5) is 0 Å². The van der Waals surface area contributed by atoms with Gasteiger partial charge in [-0.2, -0.15) is 0 Å². The number of ether oxygens (including phenoxy) is 2. The van der Waals surface area contributed by atoms with Crippen LogP contribution >= 0.6 is 0 Å². The van der Waals surface area contributed by atoms with Crippen LogP contribution < -0.4 is 4.74 Å². The van der Waals surface area contributed by atoms with Gasteiger partial charge in [-0.25, -0.2) is 0 Å². The summed E-state index contributed by atoms with van der Waals surface area (Å²) < 4.78 is 10.1. The lowest BCUT2D eigenvalue weighted by atomic mass is 10.2. The lowest BCUT2D eigenvalue weighted by Gasteiger charge is -2.17. The summed E-state index contributed by atoms with van der Waals surface area (Å²) in [6, 6.07) is 5.24. The molecule has 58 valence electrons. The Hall–Kier alpha value is -1.22. The summed E-state index contributed by atoms with van der Waals surface area (Å²) in [5.41, 5.74) is 0.899. The molecule has 1 heterocycles. The highest BCUT2D eigenvalue weighted by Crippen LogP contribution is 2.32. The van der Waals surface area contributed by atoms with E-state index in [1.807, 2.05) is 6.07 Å². The molecule has 0 bridgehead atoms. The molecule has 0 radical (unpaired) electrons. The second-order valence-corrected chi connectivity index (χ2v) is 2.38. The first-order valence-corrected chi connectivity index (χ1v) is 3.39. The van der Waals surface area contributed by atoms with Crippen LogP contribution in [0, 0.1) is 0 Å². The fourth-order valence-electron chi connectivity index (χ4n) is 1.10. The van der Waals surface area contributed by atoms with E-state index < -0.39 is 0 Å². The first-order chi connectivity index (χ1) is 5.38. The van der Waals surface area contributed by atoms with Gasteiger partial charge in [0, 0.05) is 5.56 Å². The normalized spacial score (nSPS) is 15.3. The number of fused-ring (bicyclic) bond motifs is 1. The molecule has 0 fully saturated rings. The number of phenolic OH excluding ortho intramolecular Hbond substituents is 1. The average molecular weight is 152 g/mol. The summed E-state index contributed by atoms with van der Waals surface area (Å²) in [5.74, 6) is 0.740. The number of aromatic hydroxyl groups is 1. The molecule has 1 aliphatic heterocycles. The third-order valence-electron chi connectivity index (χ3n) is 1.62. The summed E-state index contributed by atoms with van der Waals surface area (Å²) in [6.07, 6.45) is 0. The molecular weight excluding hydrogens is 144 g/mol. The van der Waals surface area contributed by atoms with Crippen LogP contribution in [0.1, 0.15) is 5.56 Å². The third kappa shape index (κ3) is 1.03. The van der Waals surface area contributed by atoms with Crippen LogP contribution in [-0.2, 0) is 11.3 Å². The maximum Gasteiger partial charge on any atom is 0.189 e. The molecule has 0 saturated carbocycles. The quantitative estimate of drug-likeness (QED) is 0.608. The lowest BCUT2D eigenvalue weighted by Crippen LogP contribution is -2.10. The van der Waals surface area contributed by atoms with Crippen molar-refractivity contribution in [2.24, 2.45) is 0 Å². The summed E-state index contributed by atoms with van der Waals surface area (Å²) >= 11 is 0. The van der Waals surface area contributed by atoms with Gasteiger partial charge in [0.1, 0.15) is 0 Å². The average Bonchev–Trinajstić information content (AvgIpc) is 2.06. The molecular formula is C8H8O3. The number of para-hydroxylation sites is 1. The Bertz CT molecular complexity index is 270. The molecule has 0 saturated heterocycles. The highest BCUT2D eigenvalue weighted by molar-refractivity contribution is 5.45. The van der Waals surface area contributed by atoms with Crippen LogP contribution in [0.25, 0.3) is 0 Å². The lowest BCUT2D eigenvalue weighted by molar-refractivity contribution is -0.0180. The molecule has 0 atom stereocenters. The van der Waals surface area contributed by atoms with Crippen molar-refractivity contribution < 1.29 is 14.6 Å². The van der Waals surface area contributed by atoms with Crippen molar-refractivity contribution in [2.45, 2.75) is 6.61 Å². The van der Waals surface area contributed by atoms with Crippen molar-refractivity contribution in [1.82, 2.24) is 0 Å². The van der Waals surface area contributed by atoms with E-state index in [0.29, 0.717) is 12.4 Å². The van der Waals surface area contributed by atoms with Crippen LogP contribution in [0.5, 0.6) is 11.5 Å². The Kier molecular flexibility index (Phi) is 1.43. The van der Waals surface area contributed by atoms with E-state index >= 15 is 0 Å². The zero-order valence-corrected chi connectivity index (χ0v) is 5.91. The fraction of sp³-hybridized carbons (Fsp3) is 0.250. The molecule has 0 aliphatic carbocycles. The van der Waals surface area contributed by atoms with Crippen LogP contribution in [0.15, 0.2) is 18.2 Å². The van der Waals surface area contributed by atoms with Gasteiger partial charge < -0.3 is 14.6 Å². The Labute approximate surface area is 64.2 Å². The smallest absolute Gasteiger partial charge is 0.189 e. The molecule has 0 spiro atoms. The zero-order chi connectivity index (χ0) is 7.68. The number of rotatable bonds is 0. The number of hydrogen-bond donors (Lipinski definition) is 1. The molecule has 3 nitrogen and oxygen atoms in total. The molecule has 11 heavy (non-hydrogen) atoms. The van der Waals surface area contributed by atoms with Crippen molar-refractivity contribution in [1.29, 1.82) is 0 Å². The number of benzene rings is 1. The molecule has 0 amide bonds. The monoisotopic (exact) mass is 152 g/mol. The van der Waals surface area contributed by atoms with Gasteiger partial charge >= 0.3 is 0 Å². The first-order valence-electron chi connectivity index (χ1n) is 3.39. The largest absolute Gasteiger partial charge is 0.504 e. The van der Waals surface area contributed by atoms with Gasteiger partial charge in [0.05, 0.1) is 6.61 Å². The van der Waals surface area contributed by atoms with Crippen LogP contribution in [0.2, 0.25) is 0 Å². The molecule has 3 heteroatoms. The van der Waals surface area contributed by atoms with Gasteiger partial charge in [-0.15, -0.1) is 0 Å². The van der Waals surface area contributed by atoms with Crippen molar-refractivity contribution >= 4 is 0 Å². The van der Waals surface area contributed by atoms with Gasteiger partial charge in [0.25, 0.3) is 0 Å². The van der Waals surface area contributed by atoms with Gasteiger partial charge in [0.15, 0.2) is 18.3 Å². The van der Waals surface area contributed by atoms with E-state index in [4.69, 9.17) is 9.47 Å². The van der Waals surface area contributed by atoms with Crippen molar-refractivity contribution in [2.75, 3.05) is 6.79 Å². The Morgan fingerprint density at radius 1 is 1.36 bits per heavy atom. The fourth-order valence-corrected chi connectivity index (χ4v) is 1.10. The molecule has 0 unspecified atom stereocenters. The van der Waals surface area contributed by atoms with Crippen LogP contribution in [0.3, 0.4) is 0 Å². The summed E-state index contributed by atoms with van der Waals surface area (Å²) in [5, 5.41) is 9.28. The van der Waals surface area contributed by atoms with Gasteiger partial charge in [-0.3, -0.25) is 0 Å². The SMILES string of the molecule is Oc1cccc2c1OCOC2. The zero-order valence-electron chi connectivity index (χ0n) is 5.91. The molecule has 0 aromatic heterocycles. The van der Waals surface area contributed by atoms with E-state index in [0.717, 1.165) is 5.56 Å². The maximum absolute atomic E-state index is 9.28. The summed E-state index contributed by atoms with van der Waals surface area (Å²) in [7, 11) is 0. The second kappa shape index (κ2) is 2.43. The second-order valence-electron chi connectivity index (χ2n) is 2.38. The number of phenols is 1. The predicted molar refractivity (Wildman–Crippen MR) is 38.4 cm³/mol. The van der Waals surface area contributed by atoms with E-state index in [-0.39, 0.29) is 12.5 Å².